The van der Waals surface area contributed by atoms with Gasteiger partial charge in [-0.2, -0.15) is 4.73 Å². The second-order valence-corrected chi connectivity index (χ2v) is 5.07. The van der Waals surface area contributed by atoms with Crippen LogP contribution in [0.3, 0.4) is 0 Å². The van der Waals surface area contributed by atoms with Gasteiger partial charge in [0.2, 0.25) is 0 Å². The molecule has 0 spiro atoms. The number of amides is 1. The van der Waals surface area contributed by atoms with Gasteiger partial charge in [-0.15, -0.1) is 0 Å². The van der Waals surface area contributed by atoms with Crippen LogP contribution in [0, 0.1) is 5.21 Å². The molecule has 1 N–H and O–H groups in total. The summed E-state index contributed by atoms with van der Waals surface area (Å²) in [5.41, 5.74) is 2.66. The minimum absolute atomic E-state index is 0.0773. The Morgan fingerprint density at radius 2 is 1.57 bits per heavy atom. The van der Waals surface area contributed by atoms with Crippen molar-refractivity contribution in [3.05, 3.63) is 59.6 Å². The van der Waals surface area contributed by atoms with Crippen LogP contribution in [0.25, 0.3) is 11.1 Å². The van der Waals surface area contributed by atoms with Crippen molar-refractivity contribution in [2.45, 2.75) is 0 Å². The van der Waals surface area contributed by atoms with Gasteiger partial charge in [0, 0.05) is 43.9 Å². The van der Waals surface area contributed by atoms with E-state index in [1.165, 1.54) is 12.4 Å². The summed E-state index contributed by atoms with van der Waals surface area (Å²) in [5.74, 6) is 0.0773. The first kappa shape index (κ1) is 13.6. The Labute approximate surface area is 123 Å². The highest BCUT2D eigenvalue weighted by molar-refractivity contribution is 5.94. The number of carbonyl (C=O) groups excluding carboxylic acids is 1. The highest BCUT2D eigenvalue weighted by Gasteiger charge is 2.17. The summed E-state index contributed by atoms with van der Waals surface area (Å²) in [6.45, 7) is 3.21. The Hall–Kier alpha value is -2.40. The van der Waals surface area contributed by atoms with Gasteiger partial charge in [0.1, 0.15) is 0 Å². The average Bonchev–Trinajstić information content (AvgIpc) is 2.56. The molecule has 0 bridgehead atoms. The number of nitrogens with zero attached hydrogens (tertiary/aromatic N) is 2. The number of benzene rings is 1. The molecular weight excluding hydrogens is 266 g/mol. The van der Waals surface area contributed by atoms with Crippen LogP contribution in [-0.2, 0) is 0 Å². The van der Waals surface area contributed by atoms with Crippen LogP contribution in [0.15, 0.2) is 48.8 Å². The van der Waals surface area contributed by atoms with Crippen molar-refractivity contribution in [1.82, 2.24) is 10.2 Å². The Kier molecular flexibility index (Phi) is 3.83. The van der Waals surface area contributed by atoms with Crippen molar-refractivity contribution in [2.24, 2.45) is 0 Å². The van der Waals surface area contributed by atoms with Gasteiger partial charge in [0.25, 0.3) is 5.91 Å². The maximum Gasteiger partial charge on any atom is 0.253 e. The number of pyridine rings is 1. The Balaban J connectivity index is 1.77. The second kappa shape index (κ2) is 5.93. The Bertz CT molecular complexity index is 617. The van der Waals surface area contributed by atoms with Crippen molar-refractivity contribution >= 4 is 5.91 Å². The first-order chi connectivity index (χ1) is 10.2. The van der Waals surface area contributed by atoms with Gasteiger partial charge >= 0.3 is 0 Å². The van der Waals surface area contributed by atoms with Crippen LogP contribution < -0.4 is 10.0 Å². The molecule has 0 atom stereocenters. The highest BCUT2D eigenvalue weighted by atomic mass is 16.5. The third-order valence-corrected chi connectivity index (χ3v) is 3.67. The van der Waals surface area contributed by atoms with Crippen LogP contribution in [0.2, 0.25) is 0 Å². The van der Waals surface area contributed by atoms with Crippen molar-refractivity contribution in [2.75, 3.05) is 26.2 Å². The molecule has 0 radical (unpaired) electrons. The van der Waals surface area contributed by atoms with E-state index in [1.807, 2.05) is 29.2 Å². The van der Waals surface area contributed by atoms with Crippen LogP contribution >= 0.6 is 0 Å². The van der Waals surface area contributed by atoms with Crippen molar-refractivity contribution in [3.63, 3.8) is 0 Å². The molecule has 0 aliphatic carbocycles. The molecule has 21 heavy (non-hydrogen) atoms. The summed E-state index contributed by atoms with van der Waals surface area (Å²) in [6, 6.07) is 11.1. The molecule has 2 aromatic rings. The number of hydrogen-bond acceptors (Lipinski definition) is 3. The smallest absolute Gasteiger partial charge is 0.253 e. The number of piperazine rings is 1. The predicted octanol–water partition coefficient (Wildman–Crippen LogP) is 1.03. The standard InChI is InChI=1S/C16H17N3O2/c20-16(18-11-7-17-8-12-18)15-3-1-13(2-4-15)14-5-9-19(21)10-6-14/h1-6,9-10,17H,7-8,11-12H2. The van der Waals surface area contributed by atoms with Crippen LogP contribution in [0.5, 0.6) is 0 Å². The van der Waals surface area contributed by atoms with E-state index in [0.717, 1.165) is 42.0 Å². The number of hydrogen-bond donors (Lipinski definition) is 1. The lowest BCUT2D eigenvalue weighted by Gasteiger charge is -2.27. The lowest BCUT2D eigenvalue weighted by Crippen LogP contribution is -2.46. The third-order valence-electron chi connectivity index (χ3n) is 3.67. The topological polar surface area (TPSA) is 59.3 Å². The van der Waals surface area contributed by atoms with Crippen molar-refractivity contribution in [1.29, 1.82) is 0 Å². The van der Waals surface area contributed by atoms with E-state index in [-0.39, 0.29) is 5.91 Å². The van der Waals surface area contributed by atoms with Gasteiger partial charge in [0.05, 0.1) is 0 Å². The van der Waals surface area contributed by atoms with E-state index in [9.17, 15) is 10.0 Å². The summed E-state index contributed by atoms with van der Waals surface area (Å²) in [4.78, 5) is 14.2. The quantitative estimate of drug-likeness (QED) is 0.661. The van der Waals surface area contributed by atoms with Crippen molar-refractivity contribution in [3.8, 4) is 11.1 Å². The predicted molar refractivity (Wildman–Crippen MR) is 79.6 cm³/mol. The Morgan fingerprint density at radius 3 is 2.19 bits per heavy atom. The van der Waals surface area contributed by atoms with E-state index in [0.29, 0.717) is 5.56 Å². The van der Waals surface area contributed by atoms with Crippen LogP contribution in [0.4, 0.5) is 0 Å². The molecule has 5 nitrogen and oxygen atoms in total. The molecular formula is C16H17N3O2. The zero-order chi connectivity index (χ0) is 14.7. The largest absolute Gasteiger partial charge is 0.619 e. The van der Waals surface area contributed by atoms with E-state index >= 15 is 0 Å². The zero-order valence-electron chi connectivity index (χ0n) is 11.7. The molecule has 5 heteroatoms. The first-order valence-corrected chi connectivity index (χ1v) is 7.03. The summed E-state index contributed by atoms with van der Waals surface area (Å²) in [5, 5.41) is 14.3. The summed E-state index contributed by atoms with van der Waals surface area (Å²) in [6.07, 6.45) is 2.93. The van der Waals surface area contributed by atoms with Gasteiger partial charge in [-0.05, 0) is 23.3 Å². The first-order valence-electron chi connectivity index (χ1n) is 7.03. The molecule has 3 rings (SSSR count). The maximum atomic E-state index is 12.3. The summed E-state index contributed by atoms with van der Waals surface area (Å²) < 4.78 is 0.756. The number of nitrogens with one attached hydrogen (secondary N) is 1. The van der Waals surface area contributed by atoms with Gasteiger partial charge in [-0.1, -0.05) is 12.1 Å². The normalized spacial score (nSPS) is 15.0. The zero-order valence-corrected chi connectivity index (χ0v) is 11.7. The fraction of sp³-hybridized carbons (Fsp3) is 0.250. The van der Waals surface area contributed by atoms with Crippen molar-refractivity contribution < 1.29 is 9.52 Å². The second-order valence-electron chi connectivity index (χ2n) is 5.07. The molecule has 0 unspecified atom stereocenters. The summed E-state index contributed by atoms with van der Waals surface area (Å²) in [7, 11) is 0. The van der Waals surface area contributed by atoms with Crippen LogP contribution in [-0.4, -0.2) is 37.0 Å². The molecule has 2 heterocycles. The SMILES string of the molecule is O=C(c1ccc(-c2cc[n+]([O-])cc2)cc1)N1CCNCC1. The minimum atomic E-state index is 0.0773. The molecule has 1 aromatic heterocycles. The Morgan fingerprint density at radius 1 is 1.00 bits per heavy atom. The van der Waals surface area contributed by atoms with Crippen LogP contribution in [0.1, 0.15) is 10.4 Å². The lowest BCUT2D eigenvalue weighted by atomic mass is 10.0. The van der Waals surface area contributed by atoms with E-state index < -0.39 is 0 Å². The molecule has 1 amide bonds. The van der Waals surface area contributed by atoms with E-state index in [1.54, 1.807) is 12.1 Å². The summed E-state index contributed by atoms with van der Waals surface area (Å²) >= 11 is 0. The van der Waals surface area contributed by atoms with Gasteiger partial charge in [-0.25, -0.2) is 0 Å². The molecule has 1 aliphatic rings. The minimum Gasteiger partial charge on any atom is -0.619 e. The van der Waals surface area contributed by atoms with Gasteiger partial charge in [-0.3, -0.25) is 4.79 Å². The van der Waals surface area contributed by atoms with E-state index in [4.69, 9.17) is 0 Å². The number of aromatic nitrogens is 1. The molecule has 1 fully saturated rings. The molecule has 1 aliphatic heterocycles. The fourth-order valence-corrected chi connectivity index (χ4v) is 2.46. The molecule has 1 aromatic carbocycles. The molecule has 108 valence electrons. The fourth-order valence-electron chi connectivity index (χ4n) is 2.46. The monoisotopic (exact) mass is 283 g/mol. The number of rotatable bonds is 2. The highest BCUT2D eigenvalue weighted by Crippen LogP contribution is 2.19. The number of carbonyl (C=O) groups is 1. The van der Waals surface area contributed by atoms with Gasteiger partial charge in [0.15, 0.2) is 12.4 Å². The average molecular weight is 283 g/mol. The van der Waals surface area contributed by atoms with Gasteiger partial charge < -0.3 is 15.4 Å². The lowest BCUT2D eigenvalue weighted by molar-refractivity contribution is -0.605. The maximum absolute atomic E-state index is 12.3. The molecule has 1 saturated heterocycles. The third kappa shape index (κ3) is 3.03. The van der Waals surface area contributed by atoms with E-state index in [2.05, 4.69) is 5.32 Å². The molecule has 0 saturated carbocycles.